The zero-order valence-corrected chi connectivity index (χ0v) is 31.0. The molecule has 0 radical (unpaired) electrons. The van der Waals surface area contributed by atoms with Crippen molar-refractivity contribution < 1.29 is 21.1 Å². The molecule has 4 aromatic rings. The summed E-state index contributed by atoms with van der Waals surface area (Å²) >= 11 is 0. The van der Waals surface area contributed by atoms with Crippen molar-refractivity contribution in [1.29, 1.82) is 5.26 Å². The number of hydrogen-bond acceptors (Lipinski definition) is 5. The minimum absolute atomic E-state index is 0. The van der Waals surface area contributed by atoms with E-state index >= 15 is 0 Å². The van der Waals surface area contributed by atoms with Gasteiger partial charge in [0.2, 0.25) is 0 Å². The van der Waals surface area contributed by atoms with Crippen molar-refractivity contribution in [3.8, 4) is 11.1 Å². The quantitative estimate of drug-likeness (QED) is 0.182. The Morgan fingerprint density at radius 1 is 0.630 bits per heavy atom. The summed E-state index contributed by atoms with van der Waals surface area (Å²) in [5.41, 5.74) is 16.3. The van der Waals surface area contributed by atoms with E-state index in [4.69, 9.17) is 11.8 Å². The molecule has 2 aliphatic rings. The SMILES string of the molecule is Cc1cc2c(cc1C)N(c1[c-]c(N3[CH-]N(C)c4ccccc43)cc(-c3c(C(C)C)cc(C(C)C)cc3C(C)C)c1)[CH-]N2C.[C-]#N.[Pt+4]. The first-order valence-corrected chi connectivity index (χ1v) is 15.9. The standard InChI is InChI=1S/C39H45N4.CN.Pt/c1-24(2)29-19-33(25(3)4)39(34(20-29)26(5)6)30-17-31(42-22-40(9)35-13-11-12-14-36(35)42)21-32(18-30)43-23-41(10)37-15-27(7)28(8)16-38(37)43;1-2;/h11-20,22-26H,1-10H3;;/q-3;-1;+4. The monoisotopic (exact) mass is 790 g/mol. The van der Waals surface area contributed by atoms with Crippen LogP contribution >= 0.6 is 0 Å². The second kappa shape index (κ2) is 13.9. The molecule has 0 aliphatic carbocycles. The molecule has 240 valence electrons. The van der Waals surface area contributed by atoms with E-state index in [0.29, 0.717) is 17.8 Å². The van der Waals surface area contributed by atoms with Crippen LogP contribution in [0.15, 0.2) is 60.7 Å². The van der Waals surface area contributed by atoms with Crippen molar-refractivity contribution in [3.05, 3.63) is 114 Å². The van der Waals surface area contributed by atoms with Crippen LogP contribution < -0.4 is 19.6 Å². The summed E-state index contributed by atoms with van der Waals surface area (Å²) in [6.45, 7) is 27.4. The van der Waals surface area contributed by atoms with E-state index in [9.17, 15) is 0 Å². The van der Waals surface area contributed by atoms with Gasteiger partial charge in [0.1, 0.15) is 0 Å². The molecule has 46 heavy (non-hydrogen) atoms. The summed E-state index contributed by atoms with van der Waals surface area (Å²) in [6.07, 6.45) is 0. The van der Waals surface area contributed by atoms with Crippen LogP contribution in [0.25, 0.3) is 11.1 Å². The largest absolute Gasteiger partial charge is 4.00 e. The number of para-hydroxylation sites is 2. The molecule has 0 atom stereocenters. The van der Waals surface area contributed by atoms with Crippen LogP contribution in [0, 0.1) is 45.1 Å². The molecule has 0 bridgehead atoms. The predicted molar refractivity (Wildman–Crippen MR) is 190 cm³/mol. The Morgan fingerprint density at radius 3 is 1.59 bits per heavy atom. The van der Waals surface area contributed by atoms with Gasteiger partial charge in [-0.1, -0.05) is 65.8 Å². The Hall–Kier alpha value is -3.74. The predicted octanol–water partition coefficient (Wildman–Crippen LogP) is 10.6. The van der Waals surface area contributed by atoms with Gasteiger partial charge in [-0.15, -0.1) is 35.1 Å². The Kier molecular flexibility index (Phi) is 10.6. The van der Waals surface area contributed by atoms with Crippen LogP contribution in [0.2, 0.25) is 0 Å². The topological polar surface area (TPSA) is 36.8 Å². The van der Waals surface area contributed by atoms with Crippen molar-refractivity contribution in [2.75, 3.05) is 33.7 Å². The van der Waals surface area contributed by atoms with E-state index in [1.807, 2.05) is 0 Å². The molecule has 2 heterocycles. The van der Waals surface area contributed by atoms with E-state index in [2.05, 4.69) is 169 Å². The van der Waals surface area contributed by atoms with Gasteiger partial charge in [0.25, 0.3) is 0 Å². The van der Waals surface area contributed by atoms with Crippen LogP contribution in [0.1, 0.15) is 87.1 Å². The summed E-state index contributed by atoms with van der Waals surface area (Å²) in [7, 11) is 4.25. The maximum Gasteiger partial charge on any atom is 4.00 e. The van der Waals surface area contributed by atoms with Gasteiger partial charge in [-0.25, -0.2) is 0 Å². The average Bonchev–Trinajstić information content (AvgIpc) is 3.53. The smallest absolute Gasteiger partial charge is 0.512 e. The Morgan fingerprint density at radius 2 is 1.09 bits per heavy atom. The third-order valence-corrected chi connectivity index (χ3v) is 9.11. The first-order chi connectivity index (χ1) is 21.4. The fourth-order valence-electron chi connectivity index (χ4n) is 6.44. The van der Waals surface area contributed by atoms with Crippen LogP contribution in [0.3, 0.4) is 0 Å². The molecule has 6 rings (SSSR count). The van der Waals surface area contributed by atoms with Gasteiger partial charge < -0.3 is 31.4 Å². The molecule has 0 amide bonds. The van der Waals surface area contributed by atoms with Gasteiger partial charge in [0.05, 0.1) is 0 Å². The summed E-state index contributed by atoms with van der Waals surface area (Å²) in [5, 5.41) is 6.25. The van der Waals surface area contributed by atoms with Crippen LogP contribution in [-0.2, 0) is 21.1 Å². The Labute approximate surface area is 291 Å². The first kappa shape index (κ1) is 35.1. The van der Waals surface area contributed by atoms with E-state index in [0.717, 1.165) is 11.4 Å². The number of nitrogens with zero attached hydrogens (tertiary/aromatic N) is 5. The van der Waals surface area contributed by atoms with Crippen molar-refractivity contribution in [2.45, 2.75) is 73.1 Å². The molecule has 0 aromatic heterocycles. The number of aryl methyl sites for hydroxylation is 2. The number of benzene rings is 4. The third kappa shape index (κ3) is 6.30. The fourth-order valence-corrected chi connectivity index (χ4v) is 6.44. The minimum Gasteiger partial charge on any atom is -0.512 e. The summed E-state index contributed by atoms with van der Waals surface area (Å²) in [5.74, 6) is 1.26. The zero-order chi connectivity index (χ0) is 32.7. The third-order valence-electron chi connectivity index (χ3n) is 9.11. The van der Waals surface area contributed by atoms with E-state index in [1.54, 1.807) is 0 Å². The fraction of sp³-hybridized carbons (Fsp3) is 0.325. The molecule has 0 fully saturated rings. The number of fused-ring (bicyclic) bond motifs is 2. The molecule has 0 saturated carbocycles. The molecule has 5 nitrogen and oxygen atoms in total. The molecule has 2 aliphatic heterocycles. The molecule has 0 N–H and O–H groups in total. The second-order valence-corrected chi connectivity index (χ2v) is 13.3. The van der Waals surface area contributed by atoms with Gasteiger partial charge in [-0.3, -0.25) is 0 Å². The van der Waals surface area contributed by atoms with Gasteiger partial charge >= 0.3 is 21.1 Å². The molecule has 0 unspecified atom stereocenters. The van der Waals surface area contributed by atoms with Crippen LogP contribution in [0.5, 0.6) is 0 Å². The van der Waals surface area contributed by atoms with Gasteiger partial charge in [-0.2, -0.15) is 13.3 Å². The summed E-state index contributed by atoms with van der Waals surface area (Å²) in [6, 6.07) is 26.7. The van der Waals surface area contributed by atoms with Gasteiger partial charge in [0, 0.05) is 22.7 Å². The maximum absolute atomic E-state index is 6.25. The Balaban J connectivity index is 0.00000157. The van der Waals surface area contributed by atoms with Crippen molar-refractivity contribution in [1.82, 2.24) is 0 Å². The molecular weight excluding hydrogens is 746 g/mol. The molecule has 4 aromatic carbocycles. The number of anilines is 6. The second-order valence-electron chi connectivity index (χ2n) is 13.3. The Bertz CT molecular complexity index is 1710. The number of rotatable bonds is 6. The summed E-state index contributed by atoms with van der Waals surface area (Å²) in [4.78, 5) is 9.02. The first-order valence-electron chi connectivity index (χ1n) is 15.9. The molecule has 0 saturated heterocycles. The summed E-state index contributed by atoms with van der Waals surface area (Å²) < 4.78 is 0. The molecule has 0 spiro atoms. The van der Waals surface area contributed by atoms with Crippen LogP contribution in [-0.4, -0.2) is 14.1 Å². The molecular formula is C40H45N5Pt. The average molecular weight is 791 g/mol. The number of hydrogen-bond donors (Lipinski definition) is 0. The van der Waals surface area contributed by atoms with Gasteiger partial charge in [0.15, 0.2) is 0 Å². The van der Waals surface area contributed by atoms with E-state index in [-0.39, 0.29) is 21.1 Å². The van der Waals surface area contributed by atoms with E-state index < -0.39 is 0 Å². The maximum atomic E-state index is 6.25. The minimum atomic E-state index is 0. The van der Waals surface area contributed by atoms with E-state index in [1.165, 1.54) is 61.7 Å². The van der Waals surface area contributed by atoms with Crippen molar-refractivity contribution >= 4 is 34.1 Å². The molecule has 6 heteroatoms. The van der Waals surface area contributed by atoms with Gasteiger partial charge in [-0.05, 0) is 103 Å². The van der Waals surface area contributed by atoms with Crippen molar-refractivity contribution in [2.24, 2.45) is 0 Å². The normalized spacial score (nSPS) is 13.6. The zero-order valence-electron chi connectivity index (χ0n) is 28.7. The van der Waals surface area contributed by atoms with Crippen LogP contribution in [0.4, 0.5) is 34.1 Å². The van der Waals surface area contributed by atoms with Crippen molar-refractivity contribution in [3.63, 3.8) is 0 Å².